The Hall–Kier alpha value is -2.58. The standard InChI is InChI=1S/C16H20N2O6/c1-23-16(22)13-10-18(5-6-19)15(21)14(13)17-11-3-2-4-12(9-11)24-8-7-20/h2-4,9,17,19-20H,5-8,10H2,1H3. The topological polar surface area (TPSA) is 108 Å². The largest absolute Gasteiger partial charge is 0.491 e. The molecule has 0 spiro atoms. The van der Waals surface area contributed by atoms with E-state index < -0.39 is 5.97 Å². The van der Waals surface area contributed by atoms with Crippen molar-refractivity contribution in [3.05, 3.63) is 35.5 Å². The van der Waals surface area contributed by atoms with Crippen molar-refractivity contribution in [2.75, 3.05) is 45.3 Å². The lowest BCUT2D eigenvalue weighted by Crippen LogP contribution is -2.31. The van der Waals surface area contributed by atoms with Crippen LogP contribution >= 0.6 is 0 Å². The average Bonchev–Trinajstić information content (AvgIpc) is 2.89. The first-order chi connectivity index (χ1) is 11.6. The molecule has 0 unspecified atom stereocenters. The maximum atomic E-state index is 12.4. The first-order valence-corrected chi connectivity index (χ1v) is 7.43. The quantitative estimate of drug-likeness (QED) is 0.561. The SMILES string of the molecule is COC(=O)C1=C(Nc2cccc(OCCO)c2)C(=O)N(CCO)C1. The number of hydrogen-bond donors (Lipinski definition) is 3. The van der Waals surface area contributed by atoms with Gasteiger partial charge in [-0.2, -0.15) is 0 Å². The van der Waals surface area contributed by atoms with E-state index in [0.717, 1.165) is 0 Å². The van der Waals surface area contributed by atoms with Crippen LogP contribution in [-0.4, -0.2) is 67.0 Å². The number of methoxy groups -OCH3 is 1. The maximum Gasteiger partial charge on any atom is 0.337 e. The minimum atomic E-state index is -0.598. The smallest absolute Gasteiger partial charge is 0.337 e. The lowest BCUT2D eigenvalue weighted by atomic mass is 10.2. The Morgan fingerprint density at radius 2 is 2.12 bits per heavy atom. The second kappa shape index (κ2) is 8.32. The van der Waals surface area contributed by atoms with Crippen molar-refractivity contribution in [3.8, 4) is 5.75 Å². The van der Waals surface area contributed by atoms with E-state index in [1.54, 1.807) is 24.3 Å². The van der Waals surface area contributed by atoms with Crippen LogP contribution in [0, 0.1) is 0 Å². The molecule has 1 aromatic carbocycles. The van der Waals surface area contributed by atoms with Crippen LogP contribution in [0.5, 0.6) is 5.75 Å². The molecule has 0 aliphatic carbocycles. The van der Waals surface area contributed by atoms with Gasteiger partial charge < -0.3 is 29.9 Å². The van der Waals surface area contributed by atoms with Crippen LogP contribution in [0.4, 0.5) is 5.69 Å². The van der Waals surface area contributed by atoms with E-state index in [4.69, 9.17) is 19.7 Å². The van der Waals surface area contributed by atoms with Gasteiger partial charge in [0.15, 0.2) is 0 Å². The van der Waals surface area contributed by atoms with Gasteiger partial charge in [0.05, 0.1) is 32.4 Å². The molecule has 1 aliphatic rings. The number of nitrogens with one attached hydrogen (secondary N) is 1. The fraction of sp³-hybridized carbons (Fsp3) is 0.375. The number of aliphatic hydroxyl groups is 2. The van der Waals surface area contributed by atoms with Gasteiger partial charge in [-0.05, 0) is 12.1 Å². The van der Waals surface area contributed by atoms with Crippen molar-refractivity contribution >= 4 is 17.6 Å². The number of amides is 1. The van der Waals surface area contributed by atoms with Crippen LogP contribution in [0.25, 0.3) is 0 Å². The lowest BCUT2D eigenvalue weighted by molar-refractivity contribution is -0.136. The van der Waals surface area contributed by atoms with E-state index in [-0.39, 0.29) is 50.1 Å². The fourth-order valence-corrected chi connectivity index (χ4v) is 2.32. The summed E-state index contributed by atoms with van der Waals surface area (Å²) in [4.78, 5) is 25.7. The van der Waals surface area contributed by atoms with Gasteiger partial charge in [0.1, 0.15) is 18.1 Å². The minimum Gasteiger partial charge on any atom is -0.491 e. The summed E-state index contributed by atoms with van der Waals surface area (Å²) in [5.74, 6) is -0.461. The normalized spacial score (nSPS) is 14.1. The van der Waals surface area contributed by atoms with Crippen molar-refractivity contribution in [3.63, 3.8) is 0 Å². The van der Waals surface area contributed by atoms with Crippen LogP contribution in [0.3, 0.4) is 0 Å². The Morgan fingerprint density at radius 3 is 2.79 bits per heavy atom. The summed E-state index contributed by atoms with van der Waals surface area (Å²) in [7, 11) is 1.25. The molecule has 0 radical (unpaired) electrons. The molecule has 0 bridgehead atoms. The van der Waals surface area contributed by atoms with Gasteiger partial charge >= 0.3 is 5.97 Å². The number of carbonyl (C=O) groups excluding carboxylic acids is 2. The van der Waals surface area contributed by atoms with E-state index in [2.05, 4.69) is 5.32 Å². The summed E-state index contributed by atoms with van der Waals surface area (Å²) in [5, 5.41) is 20.8. The van der Waals surface area contributed by atoms with Gasteiger partial charge in [-0.1, -0.05) is 6.07 Å². The molecule has 1 aliphatic heterocycles. The molecule has 0 atom stereocenters. The molecule has 0 saturated heterocycles. The number of rotatable bonds is 8. The molecule has 8 nitrogen and oxygen atoms in total. The van der Waals surface area contributed by atoms with Crippen molar-refractivity contribution in [2.45, 2.75) is 0 Å². The molecule has 130 valence electrons. The van der Waals surface area contributed by atoms with E-state index in [9.17, 15) is 9.59 Å². The molecular weight excluding hydrogens is 316 g/mol. The highest BCUT2D eigenvalue weighted by Crippen LogP contribution is 2.24. The number of hydrogen-bond acceptors (Lipinski definition) is 7. The molecule has 24 heavy (non-hydrogen) atoms. The Kier molecular flexibility index (Phi) is 6.16. The van der Waals surface area contributed by atoms with Gasteiger partial charge in [-0.25, -0.2) is 4.79 Å². The predicted octanol–water partition coefficient (Wildman–Crippen LogP) is -0.269. The Balaban J connectivity index is 2.23. The Morgan fingerprint density at radius 1 is 1.33 bits per heavy atom. The van der Waals surface area contributed by atoms with Gasteiger partial charge in [-0.3, -0.25) is 4.79 Å². The van der Waals surface area contributed by atoms with Crippen LogP contribution in [-0.2, 0) is 14.3 Å². The van der Waals surface area contributed by atoms with Gasteiger partial charge in [0.25, 0.3) is 5.91 Å². The van der Waals surface area contributed by atoms with E-state index in [1.165, 1.54) is 12.0 Å². The van der Waals surface area contributed by atoms with Crippen LogP contribution in [0.2, 0.25) is 0 Å². The highest BCUT2D eigenvalue weighted by atomic mass is 16.5. The zero-order chi connectivity index (χ0) is 17.5. The van der Waals surface area contributed by atoms with Gasteiger partial charge in [0.2, 0.25) is 0 Å². The average molecular weight is 336 g/mol. The van der Waals surface area contributed by atoms with Crippen molar-refractivity contribution in [1.29, 1.82) is 0 Å². The third-order valence-electron chi connectivity index (χ3n) is 3.42. The van der Waals surface area contributed by atoms with E-state index in [1.807, 2.05) is 0 Å². The Labute approximate surface area is 139 Å². The maximum absolute atomic E-state index is 12.4. The lowest BCUT2D eigenvalue weighted by Gasteiger charge is -2.15. The van der Waals surface area contributed by atoms with Gasteiger partial charge in [0, 0.05) is 18.3 Å². The first-order valence-electron chi connectivity index (χ1n) is 7.43. The fourth-order valence-electron chi connectivity index (χ4n) is 2.32. The van der Waals surface area contributed by atoms with Crippen LogP contribution in [0.1, 0.15) is 0 Å². The summed E-state index contributed by atoms with van der Waals surface area (Å²) in [6.45, 7) is 0.0594. The number of aliphatic hydroxyl groups excluding tert-OH is 2. The summed E-state index contributed by atoms with van der Waals surface area (Å²) in [5.41, 5.74) is 0.883. The molecule has 1 aromatic rings. The van der Waals surface area contributed by atoms with Crippen LogP contribution in [0.15, 0.2) is 35.5 Å². The molecule has 0 fully saturated rings. The number of ether oxygens (including phenoxy) is 2. The third-order valence-corrected chi connectivity index (χ3v) is 3.42. The molecule has 0 aromatic heterocycles. The summed E-state index contributed by atoms with van der Waals surface area (Å²) >= 11 is 0. The monoisotopic (exact) mass is 336 g/mol. The second-order valence-electron chi connectivity index (χ2n) is 5.02. The Bertz CT molecular complexity index is 643. The predicted molar refractivity (Wildman–Crippen MR) is 85.4 cm³/mol. The van der Waals surface area contributed by atoms with Crippen molar-refractivity contribution in [1.82, 2.24) is 4.90 Å². The molecule has 2 rings (SSSR count). The number of β-amino-alcohol motifs (C(OH)–C–C–N with tert-alkyl or cyclic N) is 1. The third kappa shape index (κ3) is 4.03. The summed E-state index contributed by atoms with van der Waals surface area (Å²) in [6.07, 6.45) is 0. The molecule has 3 N–H and O–H groups in total. The van der Waals surface area contributed by atoms with Crippen molar-refractivity contribution in [2.24, 2.45) is 0 Å². The number of nitrogens with zero attached hydrogens (tertiary/aromatic N) is 1. The molecule has 8 heteroatoms. The molecule has 0 saturated carbocycles. The highest BCUT2D eigenvalue weighted by Gasteiger charge is 2.34. The van der Waals surface area contributed by atoms with E-state index >= 15 is 0 Å². The van der Waals surface area contributed by atoms with Crippen LogP contribution < -0.4 is 10.1 Å². The van der Waals surface area contributed by atoms with Crippen molar-refractivity contribution < 1.29 is 29.3 Å². The van der Waals surface area contributed by atoms with E-state index in [0.29, 0.717) is 11.4 Å². The summed E-state index contributed by atoms with van der Waals surface area (Å²) in [6, 6.07) is 6.80. The minimum absolute atomic E-state index is 0.0785. The first kappa shape index (κ1) is 17.8. The number of benzene rings is 1. The number of esters is 1. The zero-order valence-electron chi connectivity index (χ0n) is 13.3. The number of carbonyl (C=O) groups is 2. The number of anilines is 1. The zero-order valence-corrected chi connectivity index (χ0v) is 13.3. The molecule has 1 amide bonds. The molecular formula is C16H20N2O6. The second-order valence-corrected chi connectivity index (χ2v) is 5.02. The molecule has 1 heterocycles. The van der Waals surface area contributed by atoms with Gasteiger partial charge in [-0.15, -0.1) is 0 Å². The highest BCUT2D eigenvalue weighted by molar-refractivity contribution is 6.08. The summed E-state index contributed by atoms with van der Waals surface area (Å²) < 4.78 is 10.0.